The first-order valence-corrected chi connectivity index (χ1v) is 11.9. The number of thioether (sulfide) groups is 1. The van der Waals surface area contributed by atoms with Gasteiger partial charge in [0.2, 0.25) is 5.04 Å². The summed E-state index contributed by atoms with van der Waals surface area (Å²) in [5.74, 6) is -0.159. The van der Waals surface area contributed by atoms with E-state index in [9.17, 15) is 9.90 Å². The zero-order valence-corrected chi connectivity index (χ0v) is 17.5. The molecule has 146 valence electrons. The molecule has 6 heteroatoms. The Kier molecular flexibility index (Phi) is 4.93. The Morgan fingerprint density at radius 2 is 1.68 bits per heavy atom. The number of nitrogens with zero attached hydrogens (tertiary/aromatic N) is 2. The standard InChI is InChI=1S/C22H24N2O2S2/c25-21-19(15-7-9-17(27-15)23-11-3-1-4-12-23)22(26)20(21)16-8-10-18(28-16)24-13-5-2-6-14-24/h7-10H,1-6,11-14H2. The summed E-state index contributed by atoms with van der Waals surface area (Å²) in [6, 6.07) is 4.01. The molecule has 0 aromatic carbocycles. The average molecular weight is 413 g/mol. The van der Waals surface area contributed by atoms with E-state index >= 15 is 0 Å². The topological polar surface area (TPSA) is 46.4 Å². The summed E-state index contributed by atoms with van der Waals surface area (Å²) in [6.07, 6.45) is 11.5. The molecule has 0 atom stereocenters. The third-order valence-corrected chi connectivity index (χ3v) is 8.25. The van der Waals surface area contributed by atoms with Crippen molar-refractivity contribution < 1.29 is 14.5 Å². The quantitative estimate of drug-likeness (QED) is 0.551. The normalized spacial score (nSPS) is 25.7. The molecule has 28 heavy (non-hydrogen) atoms. The molecule has 0 bridgehead atoms. The van der Waals surface area contributed by atoms with E-state index < -0.39 is 0 Å². The fraction of sp³-hybridized carbons (Fsp3) is 0.455. The van der Waals surface area contributed by atoms with E-state index in [1.807, 2.05) is 12.1 Å². The highest BCUT2D eigenvalue weighted by Crippen LogP contribution is 2.44. The van der Waals surface area contributed by atoms with Crippen LogP contribution in [0.4, 0.5) is 5.00 Å². The van der Waals surface area contributed by atoms with Gasteiger partial charge < -0.3 is 10.0 Å². The van der Waals surface area contributed by atoms with Crippen molar-refractivity contribution in [2.45, 2.75) is 38.5 Å². The summed E-state index contributed by atoms with van der Waals surface area (Å²) in [6.45, 7) is 4.29. The van der Waals surface area contributed by atoms with Crippen LogP contribution in [-0.2, 0) is 4.79 Å². The van der Waals surface area contributed by atoms with Crippen LogP contribution in [0, 0.1) is 0 Å². The Morgan fingerprint density at radius 3 is 2.43 bits per heavy atom. The molecule has 0 radical (unpaired) electrons. The fourth-order valence-corrected chi connectivity index (χ4v) is 6.53. The number of carbonyl (C=O) groups excluding carboxylic acids is 1. The number of anilines is 1. The Bertz CT molecular complexity index is 937. The highest BCUT2D eigenvalue weighted by atomic mass is 32.2. The van der Waals surface area contributed by atoms with Crippen molar-refractivity contribution in [1.29, 1.82) is 0 Å². The molecule has 4 heterocycles. The molecule has 1 aliphatic carbocycles. The lowest BCUT2D eigenvalue weighted by Gasteiger charge is -2.31. The van der Waals surface area contributed by atoms with Crippen LogP contribution in [0.2, 0.25) is 0 Å². The van der Waals surface area contributed by atoms with Gasteiger partial charge in [-0.15, -0.1) is 11.3 Å². The van der Waals surface area contributed by atoms with Crippen LogP contribution in [0.3, 0.4) is 0 Å². The second kappa shape index (κ2) is 7.56. The molecule has 0 amide bonds. The highest BCUT2D eigenvalue weighted by molar-refractivity contribution is 8.18. The Balaban J connectivity index is 1.39. The predicted octanol–water partition coefficient (Wildman–Crippen LogP) is 3.54. The molecular formula is C22H24N2O2S2. The Hall–Kier alpha value is -1.79. The first-order chi connectivity index (χ1) is 13.7. The van der Waals surface area contributed by atoms with Crippen molar-refractivity contribution in [3.63, 3.8) is 0 Å². The molecule has 0 saturated carbocycles. The van der Waals surface area contributed by atoms with Gasteiger partial charge in [-0.3, -0.25) is 4.79 Å². The first kappa shape index (κ1) is 18.3. The fourth-order valence-electron chi connectivity index (χ4n) is 4.33. The van der Waals surface area contributed by atoms with Gasteiger partial charge in [0.05, 0.1) is 5.00 Å². The van der Waals surface area contributed by atoms with Crippen molar-refractivity contribution in [3.8, 4) is 0 Å². The predicted molar refractivity (Wildman–Crippen MR) is 115 cm³/mol. The van der Waals surface area contributed by atoms with E-state index in [1.54, 1.807) is 23.1 Å². The summed E-state index contributed by atoms with van der Waals surface area (Å²) >= 11 is 3.17. The van der Waals surface area contributed by atoms with Gasteiger partial charge in [0, 0.05) is 52.9 Å². The molecule has 5 rings (SSSR count). The monoisotopic (exact) mass is 412 g/mol. The van der Waals surface area contributed by atoms with Gasteiger partial charge >= 0.3 is 0 Å². The number of hydrogen-bond donors (Lipinski definition) is 0. The van der Waals surface area contributed by atoms with Crippen LogP contribution in [0.15, 0.2) is 40.5 Å². The SMILES string of the molecule is O=C1C(=C2C=CC(=[N+]3CCCCC3)S2)C([O-])=C1c1ccc(N2CCCCC2)s1. The van der Waals surface area contributed by atoms with Gasteiger partial charge in [-0.2, -0.15) is 0 Å². The van der Waals surface area contributed by atoms with E-state index in [-0.39, 0.29) is 11.5 Å². The van der Waals surface area contributed by atoms with Gasteiger partial charge in [0.25, 0.3) is 0 Å². The van der Waals surface area contributed by atoms with E-state index in [0.29, 0.717) is 11.1 Å². The smallest absolute Gasteiger partial charge is 0.239 e. The van der Waals surface area contributed by atoms with Crippen molar-refractivity contribution in [2.24, 2.45) is 0 Å². The summed E-state index contributed by atoms with van der Waals surface area (Å²) in [5.41, 5.74) is 0.771. The van der Waals surface area contributed by atoms with Crippen molar-refractivity contribution >= 4 is 44.5 Å². The van der Waals surface area contributed by atoms with E-state index in [1.165, 1.54) is 48.6 Å². The van der Waals surface area contributed by atoms with E-state index in [0.717, 1.165) is 36.0 Å². The third kappa shape index (κ3) is 3.16. The molecule has 3 aliphatic heterocycles. The number of thiophene rings is 1. The second-order valence-electron chi connectivity index (χ2n) is 7.78. The molecule has 1 aromatic rings. The minimum absolute atomic E-state index is 0.0795. The molecule has 0 N–H and O–H groups in total. The number of rotatable bonds is 2. The number of carbonyl (C=O) groups is 1. The summed E-state index contributed by atoms with van der Waals surface area (Å²) < 4.78 is 2.38. The zero-order valence-electron chi connectivity index (χ0n) is 15.9. The number of allylic oxidation sites excluding steroid dienone is 3. The molecule has 0 unspecified atom stereocenters. The lowest BCUT2D eigenvalue weighted by molar-refractivity contribution is -0.534. The van der Waals surface area contributed by atoms with Crippen molar-refractivity contribution in [2.75, 3.05) is 31.1 Å². The maximum atomic E-state index is 12.8. The zero-order chi connectivity index (χ0) is 19.1. The van der Waals surface area contributed by atoms with Crippen LogP contribution in [-0.4, -0.2) is 41.6 Å². The molecule has 4 aliphatic rings. The maximum Gasteiger partial charge on any atom is 0.239 e. The number of ketones is 1. The Labute approximate surface area is 173 Å². The summed E-state index contributed by atoms with van der Waals surface area (Å²) in [5, 5.41) is 15.2. The minimum Gasteiger partial charge on any atom is -0.871 e. The van der Waals surface area contributed by atoms with Gasteiger partial charge in [0.1, 0.15) is 13.1 Å². The molecule has 2 fully saturated rings. The van der Waals surface area contributed by atoms with E-state index in [2.05, 4.69) is 21.6 Å². The summed E-state index contributed by atoms with van der Waals surface area (Å²) in [7, 11) is 0. The first-order valence-electron chi connectivity index (χ1n) is 10.3. The molecule has 0 spiro atoms. The lowest BCUT2D eigenvalue weighted by atomic mass is 9.86. The highest BCUT2D eigenvalue weighted by Gasteiger charge is 2.34. The third-order valence-electron chi connectivity index (χ3n) is 5.92. The van der Waals surface area contributed by atoms with Crippen LogP contribution in [0.25, 0.3) is 5.57 Å². The van der Waals surface area contributed by atoms with Gasteiger partial charge in [-0.05, 0) is 55.7 Å². The molecule has 2 saturated heterocycles. The van der Waals surface area contributed by atoms with Crippen LogP contribution in [0.1, 0.15) is 43.4 Å². The summed E-state index contributed by atoms with van der Waals surface area (Å²) in [4.78, 5) is 16.9. The van der Waals surface area contributed by atoms with E-state index in [4.69, 9.17) is 0 Å². The second-order valence-corrected chi connectivity index (χ2v) is 9.90. The van der Waals surface area contributed by atoms with Gasteiger partial charge in [-0.25, -0.2) is 4.58 Å². The largest absolute Gasteiger partial charge is 0.871 e. The maximum absolute atomic E-state index is 12.8. The number of hydrogen-bond acceptors (Lipinski definition) is 5. The van der Waals surface area contributed by atoms with Crippen LogP contribution < -0.4 is 10.0 Å². The molecular weight excluding hydrogens is 388 g/mol. The minimum atomic E-state index is -0.0795. The number of Topliss-reactive ketones (excluding diaryl/α,β-unsaturated/α-hetero) is 1. The van der Waals surface area contributed by atoms with Crippen LogP contribution >= 0.6 is 23.1 Å². The number of piperidine rings is 2. The molecule has 1 aromatic heterocycles. The van der Waals surface area contributed by atoms with Crippen molar-refractivity contribution in [1.82, 2.24) is 0 Å². The lowest BCUT2D eigenvalue weighted by Crippen LogP contribution is -2.29. The van der Waals surface area contributed by atoms with Gasteiger partial charge in [0.15, 0.2) is 5.78 Å². The Morgan fingerprint density at radius 1 is 0.929 bits per heavy atom. The average Bonchev–Trinajstić information content (AvgIpc) is 3.40. The van der Waals surface area contributed by atoms with Gasteiger partial charge in [-0.1, -0.05) is 5.76 Å². The van der Waals surface area contributed by atoms with Crippen molar-refractivity contribution in [3.05, 3.63) is 45.4 Å². The van der Waals surface area contributed by atoms with Crippen LogP contribution in [0.5, 0.6) is 0 Å². The molecule has 4 nitrogen and oxygen atoms in total.